The molecule has 1 aliphatic carbocycles. The molecular formula is C12H25NS. The second kappa shape index (κ2) is 6.02. The molecule has 0 spiro atoms. The average molecular weight is 215 g/mol. The molecule has 1 aliphatic rings. The molecule has 1 N–H and O–H groups in total. The lowest BCUT2D eigenvalue weighted by atomic mass is 10.2. The van der Waals surface area contributed by atoms with E-state index in [1.807, 2.05) is 0 Å². The van der Waals surface area contributed by atoms with E-state index in [0.29, 0.717) is 0 Å². The van der Waals surface area contributed by atoms with E-state index in [1.54, 1.807) is 0 Å². The lowest BCUT2D eigenvalue weighted by Crippen LogP contribution is -2.26. The first-order valence-electron chi connectivity index (χ1n) is 6.02. The van der Waals surface area contributed by atoms with Gasteiger partial charge in [0.2, 0.25) is 0 Å². The maximum absolute atomic E-state index is 3.56. The maximum Gasteiger partial charge on any atom is 0.00778 e. The summed E-state index contributed by atoms with van der Waals surface area (Å²) in [5, 5.41) is 5.30. The van der Waals surface area contributed by atoms with Gasteiger partial charge >= 0.3 is 0 Å². The number of hydrogen-bond acceptors (Lipinski definition) is 2. The Kier molecular flexibility index (Phi) is 5.32. The molecule has 1 saturated carbocycles. The van der Waals surface area contributed by atoms with Crippen LogP contribution in [0.4, 0.5) is 0 Å². The van der Waals surface area contributed by atoms with Crippen molar-refractivity contribution in [3.05, 3.63) is 0 Å². The Morgan fingerprint density at radius 2 is 2.00 bits per heavy atom. The fraction of sp³-hybridized carbons (Fsp3) is 1.00. The quantitative estimate of drug-likeness (QED) is 0.755. The third-order valence-electron chi connectivity index (χ3n) is 3.22. The van der Waals surface area contributed by atoms with Gasteiger partial charge < -0.3 is 5.32 Å². The molecule has 0 aromatic carbocycles. The normalized spacial score (nSPS) is 29.8. The van der Waals surface area contributed by atoms with Crippen molar-refractivity contribution < 1.29 is 0 Å². The number of hydrogen-bond donors (Lipinski definition) is 1. The zero-order valence-corrected chi connectivity index (χ0v) is 10.9. The molecule has 0 aliphatic heterocycles. The van der Waals surface area contributed by atoms with Crippen molar-refractivity contribution in [2.75, 3.05) is 6.54 Å². The van der Waals surface area contributed by atoms with Crippen LogP contribution in [0.1, 0.15) is 47.0 Å². The molecule has 1 rings (SSSR count). The standard InChI is InChI=1S/C12H25NS/c1-5-13-11-6-7-12(8-11)14-10(4)9(2)3/h9-13H,5-8H2,1-4H3. The van der Waals surface area contributed by atoms with Crippen LogP contribution in [0, 0.1) is 5.92 Å². The third-order valence-corrected chi connectivity index (χ3v) is 5.01. The molecule has 84 valence electrons. The van der Waals surface area contributed by atoms with Gasteiger partial charge in [0.05, 0.1) is 0 Å². The molecule has 1 nitrogen and oxygen atoms in total. The smallest absolute Gasteiger partial charge is 0.00778 e. The highest BCUT2D eigenvalue weighted by molar-refractivity contribution is 8.00. The largest absolute Gasteiger partial charge is 0.314 e. The van der Waals surface area contributed by atoms with Crippen LogP contribution in [0.2, 0.25) is 0 Å². The highest BCUT2D eigenvalue weighted by Crippen LogP contribution is 2.34. The van der Waals surface area contributed by atoms with Crippen LogP contribution in [0.5, 0.6) is 0 Å². The van der Waals surface area contributed by atoms with Crippen LogP contribution >= 0.6 is 11.8 Å². The van der Waals surface area contributed by atoms with Crippen molar-refractivity contribution in [1.82, 2.24) is 5.32 Å². The molecule has 2 heteroatoms. The Hall–Kier alpha value is 0.310. The summed E-state index contributed by atoms with van der Waals surface area (Å²) in [5.74, 6) is 0.818. The van der Waals surface area contributed by atoms with Gasteiger partial charge in [0.1, 0.15) is 0 Å². The van der Waals surface area contributed by atoms with E-state index < -0.39 is 0 Å². The Balaban J connectivity index is 2.21. The molecule has 3 atom stereocenters. The number of rotatable bonds is 5. The second-order valence-corrected chi connectivity index (χ2v) is 6.46. The Labute approximate surface area is 93.4 Å². The predicted molar refractivity (Wildman–Crippen MR) is 67.0 cm³/mol. The van der Waals surface area contributed by atoms with E-state index in [0.717, 1.165) is 29.0 Å². The Morgan fingerprint density at radius 3 is 2.57 bits per heavy atom. The van der Waals surface area contributed by atoms with Gasteiger partial charge in [-0.25, -0.2) is 0 Å². The molecule has 0 amide bonds. The molecule has 0 aromatic heterocycles. The summed E-state index contributed by atoms with van der Waals surface area (Å²) in [6.07, 6.45) is 4.19. The molecule has 0 saturated heterocycles. The second-order valence-electron chi connectivity index (χ2n) is 4.77. The average Bonchev–Trinajstić information content (AvgIpc) is 2.53. The lowest BCUT2D eigenvalue weighted by Gasteiger charge is -2.19. The van der Waals surface area contributed by atoms with Crippen LogP contribution in [-0.2, 0) is 0 Å². The van der Waals surface area contributed by atoms with Gasteiger partial charge in [-0.05, 0) is 31.7 Å². The lowest BCUT2D eigenvalue weighted by molar-refractivity contribution is 0.543. The third kappa shape index (κ3) is 3.82. The summed E-state index contributed by atoms with van der Waals surface area (Å²) in [6.45, 7) is 10.4. The highest BCUT2D eigenvalue weighted by atomic mass is 32.2. The van der Waals surface area contributed by atoms with Crippen molar-refractivity contribution in [1.29, 1.82) is 0 Å². The molecule has 14 heavy (non-hydrogen) atoms. The monoisotopic (exact) mass is 215 g/mol. The van der Waals surface area contributed by atoms with Crippen molar-refractivity contribution in [2.24, 2.45) is 5.92 Å². The van der Waals surface area contributed by atoms with E-state index in [1.165, 1.54) is 19.3 Å². The molecule has 0 radical (unpaired) electrons. The number of thioether (sulfide) groups is 1. The van der Waals surface area contributed by atoms with Crippen LogP contribution in [0.3, 0.4) is 0 Å². The van der Waals surface area contributed by atoms with Gasteiger partial charge in [-0.15, -0.1) is 0 Å². The summed E-state index contributed by atoms with van der Waals surface area (Å²) in [4.78, 5) is 0. The van der Waals surface area contributed by atoms with Gasteiger partial charge in [-0.2, -0.15) is 11.8 Å². The fourth-order valence-electron chi connectivity index (χ4n) is 2.00. The molecule has 0 heterocycles. The molecule has 0 bridgehead atoms. The van der Waals surface area contributed by atoms with Gasteiger partial charge in [0.15, 0.2) is 0 Å². The van der Waals surface area contributed by atoms with E-state index in [2.05, 4.69) is 44.8 Å². The molecule has 1 fully saturated rings. The van der Waals surface area contributed by atoms with Gasteiger partial charge in [0.25, 0.3) is 0 Å². The van der Waals surface area contributed by atoms with Crippen molar-refractivity contribution in [2.45, 2.75) is 63.5 Å². The first kappa shape index (κ1) is 12.4. The molecule has 3 unspecified atom stereocenters. The van der Waals surface area contributed by atoms with Crippen LogP contribution in [0.25, 0.3) is 0 Å². The summed E-state index contributed by atoms with van der Waals surface area (Å²) >= 11 is 2.20. The molecule has 0 aromatic rings. The van der Waals surface area contributed by atoms with Crippen molar-refractivity contribution in [3.63, 3.8) is 0 Å². The number of nitrogens with one attached hydrogen (secondary N) is 1. The fourth-order valence-corrected chi connectivity index (χ4v) is 3.54. The summed E-state index contributed by atoms with van der Waals surface area (Å²) in [7, 11) is 0. The molecular weight excluding hydrogens is 190 g/mol. The SMILES string of the molecule is CCNC1CCC(SC(C)C(C)C)C1. The topological polar surface area (TPSA) is 12.0 Å². The van der Waals surface area contributed by atoms with Gasteiger partial charge in [-0.3, -0.25) is 0 Å². The van der Waals surface area contributed by atoms with E-state index in [9.17, 15) is 0 Å². The summed E-state index contributed by atoms with van der Waals surface area (Å²) in [6, 6.07) is 0.803. The van der Waals surface area contributed by atoms with Crippen molar-refractivity contribution >= 4 is 11.8 Å². The minimum Gasteiger partial charge on any atom is -0.314 e. The van der Waals surface area contributed by atoms with Crippen LogP contribution in [0.15, 0.2) is 0 Å². The van der Waals surface area contributed by atoms with Gasteiger partial charge in [0, 0.05) is 16.5 Å². The van der Waals surface area contributed by atoms with Gasteiger partial charge in [-0.1, -0.05) is 27.7 Å². The maximum atomic E-state index is 3.56. The van der Waals surface area contributed by atoms with E-state index in [4.69, 9.17) is 0 Å². The predicted octanol–water partition coefficient (Wildman–Crippen LogP) is 3.29. The highest BCUT2D eigenvalue weighted by Gasteiger charge is 2.26. The Morgan fingerprint density at radius 1 is 1.29 bits per heavy atom. The summed E-state index contributed by atoms with van der Waals surface area (Å²) in [5.41, 5.74) is 0. The zero-order valence-electron chi connectivity index (χ0n) is 10.0. The first-order chi connectivity index (χ1) is 6.63. The van der Waals surface area contributed by atoms with Crippen LogP contribution < -0.4 is 5.32 Å². The van der Waals surface area contributed by atoms with E-state index >= 15 is 0 Å². The zero-order chi connectivity index (χ0) is 10.6. The first-order valence-corrected chi connectivity index (χ1v) is 6.96. The van der Waals surface area contributed by atoms with E-state index in [-0.39, 0.29) is 0 Å². The minimum absolute atomic E-state index is 0.803. The van der Waals surface area contributed by atoms with Crippen molar-refractivity contribution in [3.8, 4) is 0 Å². The summed E-state index contributed by atoms with van der Waals surface area (Å²) < 4.78 is 0. The Bertz CT molecular complexity index is 158. The minimum atomic E-state index is 0.803. The van der Waals surface area contributed by atoms with Crippen LogP contribution in [-0.4, -0.2) is 23.1 Å².